The van der Waals surface area contributed by atoms with Gasteiger partial charge in [0.15, 0.2) is 3.26 Å². The molecule has 0 aromatic rings. The quantitative estimate of drug-likeness (QED) is 0.466. The Kier molecular flexibility index (Phi) is 2.72. The van der Waals surface area contributed by atoms with Gasteiger partial charge in [0, 0.05) is 6.42 Å². The van der Waals surface area contributed by atoms with Crippen molar-refractivity contribution in [3.8, 4) is 0 Å². The highest BCUT2D eigenvalue weighted by atomic mass is 127. The van der Waals surface area contributed by atoms with E-state index in [2.05, 4.69) is 0 Å². The fourth-order valence-corrected chi connectivity index (χ4v) is 6.02. The van der Waals surface area contributed by atoms with Crippen molar-refractivity contribution < 1.29 is 17.8 Å². The molecule has 0 amide bonds. The van der Waals surface area contributed by atoms with Crippen molar-refractivity contribution in [2.75, 3.05) is 0 Å². The first-order valence-electron chi connectivity index (χ1n) is 5.27. The van der Waals surface area contributed by atoms with Crippen LogP contribution in [-0.4, -0.2) is 22.0 Å². The van der Waals surface area contributed by atoms with Crippen LogP contribution in [0, 0.1) is 16.7 Å². The van der Waals surface area contributed by atoms with Gasteiger partial charge in [-0.15, -0.1) is 0 Å². The molecule has 2 rings (SSSR count). The van der Waals surface area contributed by atoms with Crippen molar-refractivity contribution in [3.05, 3.63) is 0 Å². The number of hydrogen-bond acceptors (Lipinski definition) is 3. The molecule has 0 aromatic heterocycles. The molecule has 0 aliphatic heterocycles. The van der Waals surface area contributed by atoms with E-state index in [9.17, 15) is 17.8 Å². The summed E-state index contributed by atoms with van der Waals surface area (Å²) in [5.41, 5.74) is -1.21. The summed E-state index contributed by atoms with van der Waals surface area (Å²) in [6.07, 6.45) is 1.92. The minimum absolute atomic E-state index is 0.00535. The molecule has 4 nitrogen and oxygen atoms in total. The Morgan fingerprint density at radius 1 is 1.50 bits per heavy atom. The normalized spacial score (nSPS) is 39.0. The lowest BCUT2D eigenvalue weighted by atomic mass is 9.70. The first-order valence-corrected chi connectivity index (χ1v) is 8.02. The zero-order chi connectivity index (χ0) is 12.4. The van der Waals surface area contributed by atoms with Crippen molar-refractivity contribution in [2.45, 2.75) is 36.4 Å². The molecule has 3 unspecified atom stereocenters. The monoisotopic (exact) mass is 358 g/mol. The van der Waals surface area contributed by atoms with Gasteiger partial charge < -0.3 is 0 Å². The van der Waals surface area contributed by atoms with Crippen molar-refractivity contribution in [1.82, 2.24) is 0 Å². The van der Waals surface area contributed by atoms with Crippen LogP contribution in [-0.2, 0) is 14.9 Å². The highest BCUT2D eigenvalue weighted by molar-refractivity contribution is 14.1. The summed E-state index contributed by atoms with van der Waals surface area (Å²) >= 11 is 1.71. The zero-order valence-electron chi connectivity index (χ0n) is 9.23. The van der Waals surface area contributed by atoms with E-state index < -0.39 is 18.8 Å². The van der Waals surface area contributed by atoms with E-state index in [4.69, 9.17) is 0 Å². The van der Waals surface area contributed by atoms with Gasteiger partial charge in [-0.2, -0.15) is 8.42 Å². The molecule has 0 spiro atoms. The third-order valence-corrected chi connectivity index (χ3v) is 8.55. The highest BCUT2D eigenvalue weighted by Gasteiger charge is 2.69. The average molecular weight is 358 g/mol. The van der Waals surface area contributed by atoms with Crippen LogP contribution in [0.25, 0.3) is 0 Å². The van der Waals surface area contributed by atoms with Gasteiger partial charge in [0.1, 0.15) is 5.78 Å². The third kappa shape index (κ3) is 1.35. The molecule has 2 aliphatic carbocycles. The van der Waals surface area contributed by atoms with Crippen molar-refractivity contribution >= 4 is 38.5 Å². The number of Topliss-reactive ketones (excluding diaryl/α,β-unsaturated/α-hetero) is 1. The minimum Gasteiger partial charge on any atom is -0.299 e. The van der Waals surface area contributed by atoms with Crippen molar-refractivity contribution in [2.24, 2.45) is 16.7 Å². The lowest BCUT2D eigenvalue weighted by Gasteiger charge is -2.38. The molecule has 92 valence electrons. The Hall–Kier alpha value is 0.310. The minimum atomic E-state index is -4.17. The van der Waals surface area contributed by atoms with Crippen LogP contribution >= 0.6 is 22.6 Å². The maximum atomic E-state index is 12.1. The van der Waals surface area contributed by atoms with E-state index in [1.165, 1.54) is 0 Å². The SMILES string of the molecule is CC1(C)C2CCC1(C(I)S(=O)(=O)O)C(=O)C2. The van der Waals surface area contributed by atoms with Crippen molar-refractivity contribution in [1.29, 1.82) is 0 Å². The van der Waals surface area contributed by atoms with E-state index in [0.29, 0.717) is 12.8 Å². The van der Waals surface area contributed by atoms with E-state index in [1.54, 1.807) is 22.6 Å². The summed E-state index contributed by atoms with van der Waals surface area (Å²) in [5, 5.41) is 0. The smallest absolute Gasteiger partial charge is 0.278 e. The Bertz CT molecular complexity index is 442. The molecule has 0 aromatic carbocycles. The average Bonchev–Trinajstić information content (AvgIpc) is 2.48. The molecule has 0 saturated heterocycles. The van der Waals surface area contributed by atoms with E-state index in [0.717, 1.165) is 6.42 Å². The fraction of sp³-hybridized carbons (Fsp3) is 0.900. The first-order chi connectivity index (χ1) is 7.14. The second-order valence-corrected chi connectivity index (χ2v) is 8.98. The lowest BCUT2D eigenvalue weighted by molar-refractivity contribution is -0.128. The summed E-state index contributed by atoms with van der Waals surface area (Å²) in [6, 6.07) is 0. The lowest BCUT2D eigenvalue weighted by Crippen LogP contribution is -2.46. The molecule has 0 heterocycles. The molecule has 0 radical (unpaired) electrons. The van der Waals surface area contributed by atoms with Gasteiger partial charge in [0.05, 0.1) is 5.41 Å². The molecule has 2 saturated carbocycles. The van der Waals surface area contributed by atoms with E-state index >= 15 is 0 Å². The molecular weight excluding hydrogens is 343 g/mol. The summed E-state index contributed by atoms with van der Waals surface area (Å²) < 4.78 is 30.9. The number of alkyl halides is 1. The number of fused-ring (bicyclic) bond motifs is 2. The van der Waals surface area contributed by atoms with E-state index in [1.807, 2.05) is 13.8 Å². The van der Waals surface area contributed by atoms with Gasteiger partial charge in [0.25, 0.3) is 10.1 Å². The van der Waals surface area contributed by atoms with Gasteiger partial charge in [-0.05, 0) is 24.2 Å². The van der Waals surface area contributed by atoms with Crippen LogP contribution in [0.1, 0.15) is 33.1 Å². The Morgan fingerprint density at radius 2 is 2.06 bits per heavy atom. The van der Waals surface area contributed by atoms with Crippen LogP contribution in [0.5, 0.6) is 0 Å². The van der Waals surface area contributed by atoms with Gasteiger partial charge in [0.2, 0.25) is 0 Å². The highest BCUT2D eigenvalue weighted by Crippen LogP contribution is 2.67. The van der Waals surface area contributed by atoms with Gasteiger partial charge in [-0.25, -0.2) is 0 Å². The molecule has 6 heteroatoms. The van der Waals surface area contributed by atoms with Crippen molar-refractivity contribution in [3.63, 3.8) is 0 Å². The molecule has 2 bridgehead atoms. The Labute approximate surface area is 109 Å². The molecule has 3 atom stereocenters. The fourth-order valence-electron chi connectivity index (χ4n) is 3.50. The van der Waals surface area contributed by atoms with E-state index in [-0.39, 0.29) is 17.1 Å². The van der Waals surface area contributed by atoms with Crippen LogP contribution in [0.2, 0.25) is 0 Å². The first kappa shape index (κ1) is 12.8. The summed E-state index contributed by atoms with van der Waals surface area (Å²) in [5.74, 6) is 0.268. The summed E-state index contributed by atoms with van der Waals surface area (Å²) in [4.78, 5) is 12.1. The number of ketones is 1. The van der Waals surface area contributed by atoms with Crippen LogP contribution in [0.3, 0.4) is 0 Å². The maximum Gasteiger partial charge on any atom is 0.278 e. The van der Waals surface area contributed by atoms with Crippen LogP contribution in [0.4, 0.5) is 0 Å². The van der Waals surface area contributed by atoms with Crippen LogP contribution in [0.15, 0.2) is 0 Å². The predicted molar refractivity (Wildman–Crippen MR) is 67.9 cm³/mol. The van der Waals surface area contributed by atoms with Gasteiger partial charge >= 0.3 is 0 Å². The van der Waals surface area contributed by atoms with Gasteiger partial charge in [-0.3, -0.25) is 9.35 Å². The molecule has 1 N–H and O–H groups in total. The van der Waals surface area contributed by atoms with Crippen LogP contribution < -0.4 is 0 Å². The second-order valence-electron chi connectivity index (χ2n) is 5.39. The van der Waals surface area contributed by atoms with Gasteiger partial charge in [-0.1, -0.05) is 36.4 Å². The predicted octanol–water partition coefficient (Wildman–Crippen LogP) is 2.03. The summed E-state index contributed by atoms with van der Waals surface area (Å²) in [7, 11) is -4.17. The number of hydrogen-bond donors (Lipinski definition) is 1. The zero-order valence-corrected chi connectivity index (χ0v) is 12.2. The summed E-state index contributed by atoms with van der Waals surface area (Å²) in [6.45, 7) is 3.90. The molecular formula is C10H15IO4S. The maximum absolute atomic E-state index is 12.1. The molecule has 2 fully saturated rings. The topological polar surface area (TPSA) is 71.4 Å². The molecule has 16 heavy (non-hydrogen) atoms. The Morgan fingerprint density at radius 3 is 2.38 bits per heavy atom. The molecule has 2 aliphatic rings. The Balaban J connectivity index is 2.56. The standard InChI is InChI=1S/C10H15IO4S/c1-9(2)6-3-4-10(9,7(12)5-6)8(11)16(13,14)15/h6,8H,3-5H2,1-2H3,(H,13,14,15). The second kappa shape index (κ2) is 3.41. The number of halogens is 1. The largest absolute Gasteiger partial charge is 0.299 e. The third-order valence-electron chi connectivity index (χ3n) is 4.64. The number of carbonyl (C=O) groups is 1. The number of carbonyl (C=O) groups excluding carboxylic acids is 1. The number of rotatable bonds is 2.